The number of hydrogen-bond acceptors (Lipinski definition) is 4. The zero-order valence-electron chi connectivity index (χ0n) is 10.6. The molecule has 1 unspecified atom stereocenters. The summed E-state index contributed by atoms with van der Waals surface area (Å²) in [6, 6.07) is 7.86. The highest BCUT2D eigenvalue weighted by atomic mass is 16.5. The molecule has 1 aliphatic heterocycles. The third-order valence-corrected chi connectivity index (χ3v) is 3.42. The van der Waals surface area contributed by atoms with Crippen LogP contribution in [-0.4, -0.2) is 36.8 Å². The fourth-order valence-electron chi connectivity index (χ4n) is 2.40. The second kappa shape index (κ2) is 5.85. The fraction of sp³-hybridized carbons (Fsp3) is 0.500. The van der Waals surface area contributed by atoms with Gasteiger partial charge >= 0.3 is 0 Å². The lowest BCUT2D eigenvalue weighted by molar-refractivity contribution is 0.220. The van der Waals surface area contributed by atoms with Crippen molar-refractivity contribution < 1.29 is 9.84 Å². The van der Waals surface area contributed by atoms with E-state index < -0.39 is 0 Å². The molecule has 1 saturated heterocycles. The van der Waals surface area contributed by atoms with Crippen molar-refractivity contribution in [1.82, 2.24) is 4.90 Å². The number of aliphatic hydroxyl groups is 1. The summed E-state index contributed by atoms with van der Waals surface area (Å²) in [5.41, 5.74) is 1.69. The van der Waals surface area contributed by atoms with Gasteiger partial charge in [0.05, 0.1) is 12.7 Å². The second-order valence-electron chi connectivity index (χ2n) is 4.72. The van der Waals surface area contributed by atoms with E-state index in [1.807, 2.05) is 18.2 Å². The van der Waals surface area contributed by atoms with Gasteiger partial charge < -0.3 is 9.84 Å². The van der Waals surface area contributed by atoms with E-state index in [2.05, 4.69) is 11.0 Å². The summed E-state index contributed by atoms with van der Waals surface area (Å²) in [5.74, 6) is 1.02. The average molecular weight is 246 g/mol. The summed E-state index contributed by atoms with van der Waals surface area (Å²) in [6.45, 7) is 3.04. The summed E-state index contributed by atoms with van der Waals surface area (Å²) in [7, 11) is 1.57. The van der Waals surface area contributed by atoms with Crippen LogP contribution in [0.25, 0.3) is 0 Å². The molecule has 4 heteroatoms. The zero-order valence-corrected chi connectivity index (χ0v) is 10.6. The van der Waals surface area contributed by atoms with Crippen molar-refractivity contribution in [1.29, 1.82) is 5.26 Å². The topological polar surface area (TPSA) is 56.5 Å². The molecule has 18 heavy (non-hydrogen) atoms. The molecule has 1 atom stereocenters. The number of nitriles is 1. The first-order chi connectivity index (χ1) is 8.76. The van der Waals surface area contributed by atoms with Gasteiger partial charge in [-0.3, -0.25) is 4.90 Å². The van der Waals surface area contributed by atoms with Gasteiger partial charge in [0.1, 0.15) is 11.8 Å². The van der Waals surface area contributed by atoms with E-state index in [1.165, 1.54) is 0 Å². The maximum Gasteiger partial charge on any atom is 0.136 e. The predicted molar refractivity (Wildman–Crippen MR) is 68.2 cm³/mol. The second-order valence-corrected chi connectivity index (χ2v) is 4.72. The van der Waals surface area contributed by atoms with Gasteiger partial charge in [-0.25, -0.2) is 0 Å². The summed E-state index contributed by atoms with van der Waals surface area (Å²) >= 11 is 0. The molecule has 0 radical (unpaired) electrons. The Labute approximate surface area is 107 Å². The number of nitrogens with zero attached hydrogens (tertiary/aromatic N) is 2. The number of benzene rings is 1. The molecule has 0 saturated carbocycles. The maximum atomic E-state index is 9.11. The molecule has 2 rings (SSSR count). The van der Waals surface area contributed by atoms with Crippen LogP contribution >= 0.6 is 0 Å². The van der Waals surface area contributed by atoms with Crippen molar-refractivity contribution in [3.63, 3.8) is 0 Å². The third-order valence-electron chi connectivity index (χ3n) is 3.42. The first-order valence-electron chi connectivity index (χ1n) is 6.17. The van der Waals surface area contributed by atoms with Gasteiger partial charge in [0, 0.05) is 19.7 Å². The van der Waals surface area contributed by atoms with Crippen molar-refractivity contribution in [2.75, 3.05) is 26.8 Å². The van der Waals surface area contributed by atoms with E-state index in [1.54, 1.807) is 7.11 Å². The number of likely N-dealkylation sites (tertiary alicyclic amines) is 1. The molecule has 1 aromatic carbocycles. The highest BCUT2D eigenvalue weighted by Crippen LogP contribution is 2.22. The van der Waals surface area contributed by atoms with Crippen molar-refractivity contribution >= 4 is 0 Å². The molecule has 96 valence electrons. The third kappa shape index (κ3) is 2.81. The molecule has 1 aliphatic rings. The molecule has 1 aromatic rings. The van der Waals surface area contributed by atoms with Crippen LogP contribution in [0.3, 0.4) is 0 Å². The van der Waals surface area contributed by atoms with E-state index in [4.69, 9.17) is 15.1 Å². The lowest BCUT2D eigenvalue weighted by atomic mass is 10.1. The number of ether oxygens (including phenoxy) is 1. The van der Waals surface area contributed by atoms with Gasteiger partial charge in [0.2, 0.25) is 0 Å². The van der Waals surface area contributed by atoms with Gasteiger partial charge in [-0.15, -0.1) is 0 Å². The van der Waals surface area contributed by atoms with E-state index in [-0.39, 0.29) is 6.61 Å². The van der Waals surface area contributed by atoms with E-state index in [9.17, 15) is 0 Å². The maximum absolute atomic E-state index is 9.11. The van der Waals surface area contributed by atoms with Gasteiger partial charge in [0.25, 0.3) is 0 Å². The SMILES string of the molecule is COc1ccc(CN2CCC(CO)C2)cc1C#N. The van der Waals surface area contributed by atoms with Crippen LogP contribution in [0.1, 0.15) is 17.5 Å². The summed E-state index contributed by atoms with van der Waals surface area (Å²) < 4.78 is 5.13. The zero-order chi connectivity index (χ0) is 13.0. The van der Waals surface area contributed by atoms with Crippen LogP contribution in [0.4, 0.5) is 0 Å². The Morgan fingerprint density at radius 3 is 3.00 bits per heavy atom. The van der Waals surface area contributed by atoms with Crippen molar-refractivity contribution in [2.45, 2.75) is 13.0 Å². The van der Waals surface area contributed by atoms with Gasteiger partial charge in [0.15, 0.2) is 0 Å². The Bertz CT molecular complexity index is 454. The summed E-state index contributed by atoms with van der Waals surface area (Å²) in [4.78, 5) is 2.31. The molecule has 0 aliphatic carbocycles. The lowest BCUT2D eigenvalue weighted by Crippen LogP contribution is -2.21. The molecular weight excluding hydrogens is 228 g/mol. The van der Waals surface area contributed by atoms with Gasteiger partial charge in [-0.2, -0.15) is 5.26 Å². The van der Waals surface area contributed by atoms with Crippen molar-refractivity contribution in [3.8, 4) is 11.8 Å². The minimum absolute atomic E-state index is 0.266. The van der Waals surface area contributed by atoms with Crippen LogP contribution in [0.5, 0.6) is 5.75 Å². The largest absolute Gasteiger partial charge is 0.495 e. The molecule has 1 N–H and O–H groups in total. The van der Waals surface area contributed by atoms with Crippen molar-refractivity contribution in [2.24, 2.45) is 5.92 Å². The molecule has 4 nitrogen and oxygen atoms in total. The Morgan fingerprint density at radius 2 is 2.39 bits per heavy atom. The van der Waals surface area contributed by atoms with Crippen LogP contribution in [0, 0.1) is 17.2 Å². The van der Waals surface area contributed by atoms with Crippen LogP contribution in [0.15, 0.2) is 18.2 Å². The Kier molecular flexibility index (Phi) is 4.19. The van der Waals surface area contributed by atoms with Gasteiger partial charge in [-0.05, 0) is 36.6 Å². The summed E-state index contributed by atoms with van der Waals surface area (Å²) in [6.07, 6.45) is 1.05. The standard InChI is InChI=1S/C14H18N2O2/c1-18-14-3-2-11(6-13(14)7-15)8-16-5-4-12(9-16)10-17/h2-3,6,12,17H,4-5,8-10H2,1H3. The number of aliphatic hydroxyl groups excluding tert-OH is 1. The minimum Gasteiger partial charge on any atom is -0.495 e. The molecule has 0 spiro atoms. The van der Waals surface area contributed by atoms with Crippen LogP contribution in [0.2, 0.25) is 0 Å². The number of rotatable bonds is 4. The first kappa shape index (κ1) is 12.9. The van der Waals surface area contributed by atoms with E-state index >= 15 is 0 Å². The molecule has 0 aromatic heterocycles. The molecule has 0 amide bonds. The first-order valence-corrected chi connectivity index (χ1v) is 6.17. The van der Waals surface area contributed by atoms with E-state index in [0.29, 0.717) is 17.2 Å². The Hall–Kier alpha value is -1.57. The normalized spacial score (nSPS) is 19.7. The quantitative estimate of drug-likeness (QED) is 0.872. The number of hydrogen-bond donors (Lipinski definition) is 1. The summed E-state index contributed by atoms with van der Waals surface area (Å²) in [5, 5.41) is 18.2. The highest BCUT2D eigenvalue weighted by molar-refractivity contribution is 5.45. The molecule has 0 bridgehead atoms. The minimum atomic E-state index is 0.266. The fourth-order valence-corrected chi connectivity index (χ4v) is 2.40. The monoisotopic (exact) mass is 246 g/mol. The molecular formula is C14H18N2O2. The van der Waals surface area contributed by atoms with Crippen LogP contribution in [-0.2, 0) is 6.54 Å². The van der Waals surface area contributed by atoms with Crippen molar-refractivity contribution in [3.05, 3.63) is 29.3 Å². The Morgan fingerprint density at radius 1 is 1.56 bits per heavy atom. The average Bonchev–Trinajstić information content (AvgIpc) is 2.86. The Balaban J connectivity index is 2.04. The van der Waals surface area contributed by atoms with Gasteiger partial charge in [-0.1, -0.05) is 6.07 Å². The highest BCUT2D eigenvalue weighted by Gasteiger charge is 2.21. The smallest absolute Gasteiger partial charge is 0.136 e. The lowest BCUT2D eigenvalue weighted by Gasteiger charge is -2.16. The van der Waals surface area contributed by atoms with Crippen LogP contribution < -0.4 is 4.74 Å². The molecule has 1 heterocycles. The predicted octanol–water partition coefficient (Wildman–Crippen LogP) is 1.38. The van der Waals surface area contributed by atoms with E-state index in [0.717, 1.165) is 31.6 Å². The number of methoxy groups -OCH3 is 1. The molecule has 1 fully saturated rings.